The highest BCUT2D eigenvalue weighted by Crippen LogP contribution is 2.44. The van der Waals surface area contributed by atoms with Gasteiger partial charge in [-0.3, -0.25) is 0 Å². The number of fused-ring (bicyclic) bond motifs is 1. The first-order valence-corrected chi connectivity index (χ1v) is 7.23. The number of rotatable bonds is 2. The van der Waals surface area contributed by atoms with Crippen LogP contribution in [0.1, 0.15) is 18.1 Å². The molecular weight excluding hydrogens is 324 g/mol. The molecule has 0 spiro atoms. The Morgan fingerprint density at radius 3 is 2.42 bits per heavy atom. The summed E-state index contributed by atoms with van der Waals surface area (Å²) in [4.78, 5) is 13.0. The lowest BCUT2D eigenvalue weighted by atomic mass is 9.80. The first-order valence-electron chi connectivity index (χ1n) is 7.23. The van der Waals surface area contributed by atoms with Gasteiger partial charge in [-0.2, -0.15) is 13.2 Å². The summed E-state index contributed by atoms with van der Waals surface area (Å²) in [5, 5.41) is 2.41. The van der Waals surface area contributed by atoms with Gasteiger partial charge in [-0.15, -0.1) is 0 Å². The number of urea groups is 1. The molecule has 2 aromatic rings. The molecule has 1 unspecified atom stereocenters. The molecule has 126 valence electrons. The summed E-state index contributed by atoms with van der Waals surface area (Å²) in [5.74, 6) is -0.584. The maximum atomic E-state index is 13.8. The lowest BCUT2D eigenvalue weighted by molar-refractivity contribution is -0.147. The number of alkyl halides is 3. The summed E-state index contributed by atoms with van der Waals surface area (Å²) >= 11 is 0. The van der Waals surface area contributed by atoms with Gasteiger partial charge in [-0.1, -0.05) is 30.3 Å². The molecule has 7 heteroatoms. The summed E-state index contributed by atoms with van der Waals surface area (Å²) < 4.78 is 52.9. The van der Waals surface area contributed by atoms with Crippen LogP contribution in [0.25, 0.3) is 0 Å². The Morgan fingerprint density at radius 1 is 1.12 bits per heavy atom. The lowest BCUT2D eigenvalue weighted by Crippen LogP contribution is -2.56. The van der Waals surface area contributed by atoms with Crippen molar-refractivity contribution in [1.29, 1.82) is 0 Å². The van der Waals surface area contributed by atoms with Crippen molar-refractivity contribution in [3.63, 3.8) is 0 Å². The highest BCUT2D eigenvalue weighted by molar-refractivity contribution is 5.94. The average molecular weight is 338 g/mol. The van der Waals surface area contributed by atoms with Crippen molar-refractivity contribution < 1.29 is 22.4 Å². The maximum absolute atomic E-state index is 13.8. The predicted octanol–water partition coefficient (Wildman–Crippen LogP) is 4.50. The predicted molar refractivity (Wildman–Crippen MR) is 81.1 cm³/mol. The van der Waals surface area contributed by atoms with Gasteiger partial charge < -0.3 is 10.2 Å². The number of carbonyl (C=O) groups excluding carboxylic acids is 1. The number of carbonyl (C=O) groups is 1. The minimum absolute atomic E-state index is 0.276. The number of amides is 2. The molecule has 0 fully saturated rings. The van der Waals surface area contributed by atoms with Crippen LogP contribution >= 0.6 is 0 Å². The van der Waals surface area contributed by atoms with Crippen LogP contribution in [0.5, 0.6) is 0 Å². The van der Waals surface area contributed by atoms with Crippen LogP contribution in [-0.4, -0.2) is 23.7 Å². The second-order valence-electron chi connectivity index (χ2n) is 5.76. The van der Waals surface area contributed by atoms with Gasteiger partial charge in [-0.25, -0.2) is 9.18 Å². The zero-order valence-corrected chi connectivity index (χ0v) is 12.7. The Bertz CT molecular complexity index is 776. The van der Waals surface area contributed by atoms with Gasteiger partial charge in [-0.05, 0) is 30.7 Å². The van der Waals surface area contributed by atoms with Crippen molar-refractivity contribution in [2.45, 2.75) is 18.6 Å². The average Bonchev–Trinajstić information content (AvgIpc) is 2.52. The molecule has 1 heterocycles. The van der Waals surface area contributed by atoms with Crippen LogP contribution < -0.4 is 5.32 Å². The number of nitrogens with zero attached hydrogens (tertiary/aromatic N) is 1. The Balaban J connectivity index is 2.24. The molecule has 0 saturated heterocycles. The summed E-state index contributed by atoms with van der Waals surface area (Å²) in [5.41, 5.74) is -0.407. The Hall–Kier alpha value is -2.57. The molecular formula is C17H14F4N2O. The van der Waals surface area contributed by atoms with E-state index in [1.54, 1.807) is 30.3 Å². The smallest absolute Gasteiger partial charge is 0.307 e. The van der Waals surface area contributed by atoms with Gasteiger partial charge >= 0.3 is 12.2 Å². The third kappa shape index (κ3) is 2.70. The number of nitrogens with one attached hydrogen (secondary N) is 1. The maximum Gasteiger partial charge on any atom is 0.406 e. The number of hydrogen-bond donors (Lipinski definition) is 1. The normalized spacial score (nSPS) is 20.5. The molecule has 0 aromatic heterocycles. The summed E-state index contributed by atoms with van der Waals surface area (Å²) in [7, 11) is 0. The van der Waals surface area contributed by atoms with E-state index in [-0.39, 0.29) is 5.56 Å². The van der Waals surface area contributed by atoms with E-state index in [0.29, 0.717) is 16.2 Å². The van der Waals surface area contributed by atoms with Crippen molar-refractivity contribution in [2.24, 2.45) is 0 Å². The summed E-state index contributed by atoms with van der Waals surface area (Å²) in [6, 6.07) is 11.1. The first kappa shape index (κ1) is 16.3. The minimum atomic E-state index is -4.59. The second kappa shape index (κ2) is 5.51. The largest absolute Gasteiger partial charge is 0.406 e. The topological polar surface area (TPSA) is 32.3 Å². The standard InChI is InChI=1S/C17H14F4N2O/c1-16(11-5-3-2-4-6-11)13-9-12(18)7-8-14(13)22-15(24)23(16)10-17(19,20)21/h2-9H,10H2,1H3,(H,22,24). The van der Waals surface area contributed by atoms with Crippen LogP contribution in [0.2, 0.25) is 0 Å². The van der Waals surface area contributed by atoms with Crippen LogP contribution in [-0.2, 0) is 5.54 Å². The Labute approximate surface area is 135 Å². The molecule has 3 rings (SSSR count). The highest BCUT2D eigenvalue weighted by Gasteiger charge is 2.48. The Kier molecular flexibility index (Phi) is 3.74. The molecule has 0 bridgehead atoms. The van der Waals surface area contributed by atoms with Gasteiger partial charge in [0.25, 0.3) is 0 Å². The van der Waals surface area contributed by atoms with Crippen LogP contribution in [0.15, 0.2) is 48.5 Å². The van der Waals surface area contributed by atoms with E-state index in [2.05, 4.69) is 5.32 Å². The molecule has 3 nitrogen and oxygen atoms in total. The van der Waals surface area contributed by atoms with Crippen molar-refractivity contribution in [3.05, 3.63) is 65.5 Å². The third-order valence-corrected chi connectivity index (χ3v) is 4.21. The van der Waals surface area contributed by atoms with Gasteiger partial charge in [0.05, 0.1) is 5.54 Å². The number of halogens is 4. The minimum Gasteiger partial charge on any atom is -0.307 e. The van der Waals surface area contributed by atoms with Gasteiger partial charge in [0.1, 0.15) is 12.4 Å². The molecule has 1 atom stereocenters. The van der Waals surface area contributed by atoms with E-state index < -0.39 is 30.1 Å². The van der Waals surface area contributed by atoms with Crippen LogP contribution in [0.3, 0.4) is 0 Å². The lowest BCUT2D eigenvalue weighted by Gasteiger charge is -2.46. The fourth-order valence-electron chi connectivity index (χ4n) is 3.04. The van der Waals surface area contributed by atoms with Crippen molar-refractivity contribution in [1.82, 2.24) is 4.90 Å². The zero-order valence-electron chi connectivity index (χ0n) is 12.7. The molecule has 24 heavy (non-hydrogen) atoms. The number of anilines is 1. The molecule has 2 amide bonds. The van der Waals surface area contributed by atoms with E-state index in [1.165, 1.54) is 13.0 Å². The van der Waals surface area contributed by atoms with Crippen molar-refractivity contribution in [3.8, 4) is 0 Å². The fraction of sp³-hybridized carbons (Fsp3) is 0.235. The highest BCUT2D eigenvalue weighted by atomic mass is 19.4. The summed E-state index contributed by atoms with van der Waals surface area (Å²) in [6.07, 6.45) is -4.59. The van der Waals surface area contributed by atoms with E-state index >= 15 is 0 Å². The quantitative estimate of drug-likeness (QED) is 0.804. The van der Waals surface area contributed by atoms with Crippen LogP contribution in [0, 0.1) is 5.82 Å². The first-order chi connectivity index (χ1) is 11.2. The van der Waals surface area contributed by atoms with Gasteiger partial charge in [0, 0.05) is 11.3 Å². The molecule has 0 radical (unpaired) electrons. The Morgan fingerprint density at radius 2 is 1.79 bits per heavy atom. The number of hydrogen-bond acceptors (Lipinski definition) is 1. The molecule has 1 N–H and O–H groups in total. The van der Waals surface area contributed by atoms with E-state index in [1.807, 2.05) is 0 Å². The molecule has 1 aliphatic heterocycles. The number of benzene rings is 2. The third-order valence-electron chi connectivity index (χ3n) is 4.21. The second-order valence-corrected chi connectivity index (χ2v) is 5.76. The van der Waals surface area contributed by atoms with Crippen molar-refractivity contribution in [2.75, 3.05) is 11.9 Å². The van der Waals surface area contributed by atoms with Gasteiger partial charge in [0.2, 0.25) is 0 Å². The zero-order chi connectivity index (χ0) is 17.5. The van der Waals surface area contributed by atoms with E-state index in [4.69, 9.17) is 0 Å². The molecule has 1 aliphatic rings. The van der Waals surface area contributed by atoms with E-state index in [0.717, 1.165) is 12.1 Å². The van der Waals surface area contributed by atoms with Crippen LogP contribution in [0.4, 0.5) is 28.0 Å². The molecule has 2 aromatic carbocycles. The fourth-order valence-corrected chi connectivity index (χ4v) is 3.04. The molecule has 0 aliphatic carbocycles. The van der Waals surface area contributed by atoms with Gasteiger partial charge in [0.15, 0.2) is 0 Å². The summed E-state index contributed by atoms with van der Waals surface area (Å²) in [6.45, 7) is 0.0469. The molecule has 0 saturated carbocycles. The van der Waals surface area contributed by atoms with E-state index in [9.17, 15) is 22.4 Å². The van der Waals surface area contributed by atoms with Crippen molar-refractivity contribution >= 4 is 11.7 Å². The SMILES string of the molecule is CC1(c2ccccc2)c2cc(F)ccc2NC(=O)N1CC(F)(F)F. The monoisotopic (exact) mass is 338 g/mol.